The van der Waals surface area contributed by atoms with Crippen LogP contribution in [0, 0.1) is 0 Å². The van der Waals surface area contributed by atoms with Crippen LogP contribution in [0.5, 0.6) is 0 Å². The molecular weight excluding hydrogens is 303 g/mol. The van der Waals surface area contributed by atoms with Crippen LogP contribution >= 0.6 is 23.2 Å². The van der Waals surface area contributed by atoms with E-state index < -0.39 is 0 Å². The van der Waals surface area contributed by atoms with Gasteiger partial charge in [-0.3, -0.25) is 9.80 Å². The monoisotopic (exact) mass is 326 g/mol. The smallest absolute Gasteiger partial charge is 0.0901 e. The molecule has 0 bridgehead atoms. The maximum Gasteiger partial charge on any atom is 0.0901 e. The van der Waals surface area contributed by atoms with Crippen molar-refractivity contribution in [3.63, 3.8) is 0 Å². The quantitative estimate of drug-likeness (QED) is 0.774. The Hall–Kier alpha value is -0.280. The summed E-state index contributed by atoms with van der Waals surface area (Å²) in [7, 11) is 0. The van der Waals surface area contributed by atoms with Crippen molar-refractivity contribution in [3.8, 4) is 0 Å². The highest BCUT2D eigenvalue weighted by Crippen LogP contribution is 2.37. The topological polar surface area (TPSA) is 6.48 Å². The summed E-state index contributed by atoms with van der Waals surface area (Å²) < 4.78 is 0. The van der Waals surface area contributed by atoms with Gasteiger partial charge in [-0.2, -0.15) is 0 Å². The van der Waals surface area contributed by atoms with Gasteiger partial charge in [0.15, 0.2) is 0 Å². The summed E-state index contributed by atoms with van der Waals surface area (Å²) in [5.41, 5.74) is 1.19. The van der Waals surface area contributed by atoms with Crippen LogP contribution in [0.1, 0.15) is 50.3 Å². The van der Waals surface area contributed by atoms with E-state index in [0.29, 0.717) is 11.2 Å². The van der Waals surface area contributed by atoms with E-state index in [0.717, 1.165) is 5.02 Å². The van der Waals surface area contributed by atoms with Crippen molar-refractivity contribution in [3.05, 3.63) is 33.8 Å². The second-order valence-electron chi connectivity index (χ2n) is 6.21. The molecule has 3 rings (SSSR count). The van der Waals surface area contributed by atoms with E-state index in [2.05, 4.69) is 15.9 Å². The molecule has 2 nitrogen and oxygen atoms in total. The van der Waals surface area contributed by atoms with E-state index in [-0.39, 0.29) is 0 Å². The van der Waals surface area contributed by atoms with Gasteiger partial charge < -0.3 is 0 Å². The van der Waals surface area contributed by atoms with Gasteiger partial charge in [-0.25, -0.2) is 0 Å². The van der Waals surface area contributed by atoms with Crippen molar-refractivity contribution in [2.45, 2.75) is 44.7 Å². The van der Waals surface area contributed by atoms with E-state index in [4.69, 9.17) is 23.2 Å². The largest absolute Gasteiger partial charge is 0.284 e. The summed E-state index contributed by atoms with van der Waals surface area (Å²) >= 11 is 12.8. The third-order valence-corrected chi connectivity index (χ3v) is 5.57. The van der Waals surface area contributed by atoms with E-state index in [1.807, 2.05) is 12.1 Å². The highest BCUT2D eigenvalue weighted by Gasteiger charge is 2.30. The lowest BCUT2D eigenvalue weighted by molar-refractivity contribution is 0.0157. The maximum atomic E-state index is 6.54. The average molecular weight is 327 g/mol. The van der Waals surface area contributed by atoms with E-state index >= 15 is 0 Å². The molecule has 2 saturated heterocycles. The first-order chi connectivity index (χ1) is 10.3. The van der Waals surface area contributed by atoms with Gasteiger partial charge in [0.2, 0.25) is 0 Å². The minimum absolute atomic E-state index is 0.303. The number of benzene rings is 1. The Kier molecular flexibility index (Phi) is 5.44. The van der Waals surface area contributed by atoms with Crippen molar-refractivity contribution in [1.29, 1.82) is 0 Å². The van der Waals surface area contributed by atoms with Crippen LogP contribution in [0.2, 0.25) is 10.0 Å². The SMILES string of the molecule is Clc1cccc(C(N2CCCCC2)N2CCCCC2)c1Cl. The maximum absolute atomic E-state index is 6.54. The lowest BCUT2D eigenvalue weighted by atomic mass is 10.0. The van der Waals surface area contributed by atoms with Gasteiger partial charge in [0.25, 0.3) is 0 Å². The van der Waals surface area contributed by atoms with Gasteiger partial charge in [0.1, 0.15) is 0 Å². The van der Waals surface area contributed by atoms with Crippen LogP contribution in [0.4, 0.5) is 0 Å². The molecule has 0 N–H and O–H groups in total. The van der Waals surface area contributed by atoms with Gasteiger partial charge in [-0.1, -0.05) is 48.2 Å². The molecule has 0 amide bonds. The van der Waals surface area contributed by atoms with Gasteiger partial charge >= 0.3 is 0 Å². The van der Waals surface area contributed by atoms with Crippen LogP contribution in [0.3, 0.4) is 0 Å². The molecule has 0 aromatic heterocycles. The van der Waals surface area contributed by atoms with Crippen molar-refractivity contribution in [1.82, 2.24) is 9.80 Å². The minimum Gasteiger partial charge on any atom is -0.284 e. The number of piperidine rings is 2. The third-order valence-electron chi connectivity index (χ3n) is 4.73. The first-order valence-corrected chi connectivity index (χ1v) is 8.95. The Balaban J connectivity index is 1.91. The summed E-state index contributed by atoms with van der Waals surface area (Å²) in [5, 5.41) is 1.41. The molecule has 1 aromatic carbocycles. The van der Waals surface area contributed by atoms with Gasteiger partial charge in [-0.15, -0.1) is 0 Å². The van der Waals surface area contributed by atoms with Gasteiger partial charge in [0, 0.05) is 5.56 Å². The molecule has 116 valence electrons. The molecule has 2 heterocycles. The van der Waals surface area contributed by atoms with E-state index in [1.165, 1.54) is 70.3 Å². The molecular formula is C17H24Cl2N2. The highest BCUT2D eigenvalue weighted by molar-refractivity contribution is 6.42. The highest BCUT2D eigenvalue weighted by atomic mass is 35.5. The number of rotatable bonds is 3. The molecule has 1 aromatic rings. The standard InChI is InChI=1S/C17H24Cl2N2/c18-15-9-7-8-14(16(15)19)17(20-10-3-1-4-11-20)21-12-5-2-6-13-21/h7-9,17H,1-6,10-13H2. The Bertz CT molecular complexity index is 448. The van der Waals surface area contributed by atoms with Crippen LogP contribution in [0.25, 0.3) is 0 Å². The second-order valence-corrected chi connectivity index (χ2v) is 7.00. The molecule has 0 atom stereocenters. The first-order valence-electron chi connectivity index (χ1n) is 8.19. The first kappa shape index (κ1) is 15.6. The fraction of sp³-hybridized carbons (Fsp3) is 0.647. The zero-order valence-electron chi connectivity index (χ0n) is 12.5. The molecule has 21 heavy (non-hydrogen) atoms. The Morgan fingerprint density at radius 1 is 0.762 bits per heavy atom. The summed E-state index contributed by atoms with van der Waals surface area (Å²) in [6.07, 6.45) is 8.19. The Morgan fingerprint density at radius 3 is 1.81 bits per heavy atom. The summed E-state index contributed by atoms with van der Waals surface area (Å²) in [6.45, 7) is 4.68. The normalized spacial score (nSPS) is 21.9. The lowest BCUT2D eigenvalue weighted by Gasteiger charge is -2.43. The van der Waals surface area contributed by atoms with Crippen LogP contribution in [-0.2, 0) is 0 Å². The number of hydrogen-bond donors (Lipinski definition) is 0. The van der Waals surface area contributed by atoms with Crippen LogP contribution in [-0.4, -0.2) is 36.0 Å². The number of nitrogens with zero attached hydrogens (tertiary/aromatic N) is 2. The summed E-state index contributed by atoms with van der Waals surface area (Å²) in [5.74, 6) is 0. The van der Waals surface area contributed by atoms with E-state index in [1.54, 1.807) is 0 Å². The molecule has 2 aliphatic heterocycles. The Morgan fingerprint density at radius 2 is 1.29 bits per heavy atom. The lowest BCUT2D eigenvalue weighted by Crippen LogP contribution is -2.46. The summed E-state index contributed by atoms with van der Waals surface area (Å²) in [6, 6.07) is 6.07. The molecule has 0 unspecified atom stereocenters. The van der Waals surface area contributed by atoms with Gasteiger partial charge in [-0.05, 0) is 57.9 Å². The van der Waals surface area contributed by atoms with Crippen LogP contribution in [0.15, 0.2) is 18.2 Å². The van der Waals surface area contributed by atoms with Crippen LogP contribution < -0.4 is 0 Å². The van der Waals surface area contributed by atoms with E-state index in [9.17, 15) is 0 Å². The molecule has 0 radical (unpaired) electrons. The molecule has 0 spiro atoms. The zero-order chi connectivity index (χ0) is 14.7. The van der Waals surface area contributed by atoms with Crippen molar-refractivity contribution >= 4 is 23.2 Å². The second kappa shape index (κ2) is 7.32. The number of likely N-dealkylation sites (tertiary alicyclic amines) is 2. The number of hydrogen-bond acceptors (Lipinski definition) is 2. The third kappa shape index (κ3) is 3.56. The zero-order valence-corrected chi connectivity index (χ0v) is 14.0. The van der Waals surface area contributed by atoms with Crippen molar-refractivity contribution < 1.29 is 0 Å². The molecule has 0 saturated carbocycles. The summed E-state index contributed by atoms with van der Waals surface area (Å²) in [4.78, 5) is 5.21. The molecule has 4 heteroatoms. The molecule has 0 aliphatic carbocycles. The molecule has 2 aliphatic rings. The van der Waals surface area contributed by atoms with Crippen molar-refractivity contribution in [2.75, 3.05) is 26.2 Å². The van der Waals surface area contributed by atoms with Crippen molar-refractivity contribution in [2.24, 2.45) is 0 Å². The fourth-order valence-corrected chi connectivity index (χ4v) is 4.08. The van der Waals surface area contributed by atoms with Gasteiger partial charge in [0.05, 0.1) is 16.2 Å². The predicted molar refractivity (Wildman–Crippen MR) is 90.1 cm³/mol. The molecule has 2 fully saturated rings. The Labute approximate surface area is 138 Å². The fourth-order valence-electron chi connectivity index (χ4n) is 3.67. The minimum atomic E-state index is 0.303. The average Bonchev–Trinajstić information content (AvgIpc) is 2.54. The number of halogens is 2. The predicted octanol–water partition coefficient (Wildman–Crippen LogP) is 4.96.